The Hall–Kier alpha value is -7.59. The fraction of sp³-hybridized carbons (Fsp3) is 0.419. The zero-order valence-electron chi connectivity index (χ0n) is 50.5. The third-order valence-electron chi connectivity index (χ3n) is 18.6. The van der Waals surface area contributed by atoms with Crippen LogP contribution >= 0.6 is 11.6 Å². The number of hydrogen-bond acceptors (Lipinski definition) is 18. The van der Waals surface area contributed by atoms with Gasteiger partial charge in [-0.3, -0.25) is 9.59 Å². The molecule has 28 heteroatoms. The highest BCUT2D eigenvalue weighted by Crippen LogP contribution is 2.48. The Balaban J connectivity index is 0.000000147. The molecule has 1 aliphatic heterocycles. The Kier molecular flexibility index (Phi) is 17.7. The maximum atomic E-state index is 15.1. The predicted octanol–water partition coefficient (Wildman–Crippen LogP) is 10.4. The van der Waals surface area contributed by atoms with Crippen LogP contribution in [0.2, 0.25) is 5.28 Å². The zero-order valence-corrected chi connectivity index (χ0v) is 52.8. The average molecular weight is 1300 g/mol. The Morgan fingerprint density at radius 2 is 1.01 bits per heavy atom. The van der Waals surface area contributed by atoms with E-state index < -0.39 is 61.6 Å². The molecule has 4 aromatic carbocycles. The summed E-state index contributed by atoms with van der Waals surface area (Å²) in [5.74, 6) is -2.38. The summed E-state index contributed by atoms with van der Waals surface area (Å²) >= 11 is 5.75. The first-order valence-electron chi connectivity index (χ1n) is 29.4. The van der Waals surface area contributed by atoms with Gasteiger partial charge in [0.05, 0.1) is 65.0 Å². The van der Waals surface area contributed by atoms with Gasteiger partial charge < -0.3 is 29.4 Å². The molecule has 6 saturated carbocycles. The van der Waals surface area contributed by atoms with Crippen LogP contribution in [0.3, 0.4) is 0 Å². The summed E-state index contributed by atoms with van der Waals surface area (Å²) in [6.45, 7) is 11.0. The van der Waals surface area contributed by atoms with Gasteiger partial charge in [-0.15, -0.1) is 10.2 Å². The Morgan fingerprint density at radius 1 is 0.600 bits per heavy atom. The van der Waals surface area contributed by atoms with Crippen LogP contribution in [0.1, 0.15) is 90.2 Å². The van der Waals surface area contributed by atoms with Crippen LogP contribution in [0.5, 0.6) is 0 Å². The molecule has 474 valence electrons. The Bertz CT molecular complexity index is 4270. The summed E-state index contributed by atoms with van der Waals surface area (Å²) in [6, 6.07) is 15.6. The minimum atomic E-state index is -4.25. The molecule has 5 heterocycles. The Labute approximate surface area is 523 Å². The lowest BCUT2D eigenvalue weighted by molar-refractivity contribution is -0.152. The van der Waals surface area contributed by atoms with E-state index in [0.717, 1.165) is 82.6 Å². The summed E-state index contributed by atoms with van der Waals surface area (Å²) < 4.78 is 136. The summed E-state index contributed by atoms with van der Waals surface area (Å²) in [5.41, 5.74) is 0.109. The maximum Gasteiger partial charge on any atom is 0.497 e. The summed E-state index contributed by atoms with van der Waals surface area (Å²) in [6.07, 6.45) is 13.7. The van der Waals surface area contributed by atoms with Gasteiger partial charge in [-0.05, 0) is 165 Å². The second-order valence-corrected chi connectivity index (χ2v) is 28.5. The monoisotopic (exact) mass is 1300 g/mol. The number of carbonyl (C=O) groups is 2. The Morgan fingerprint density at radius 3 is 1.47 bits per heavy atom. The average Bonchev–Trinajstić information content (AvgIpc) is 1.57. The molecule has 7 aliphatic rings. The third-order valence-corrected chi connectivity index (χ3v) is 22.1. The second-order valence-electron chi connectivity index (χ2n) is 24.6. The van der Waals surface area contributed by atoms with Gasteiger partial charge >= 0.3 is 19.1 Å². The number of carbonyl (C=O) groups excluding carboxylic acids is 2. The molecule has 0 radical (unpaired) electrons. The van der Waals surface area contributed by atoms with Crippen LogP contribution in [0, 0.1) is 72.6 Å². The highest BCUT2D eigenvalue weighted by Gasteiger charge is 2.53. The van der Waals surface area contributed by atoms with Crippen LogP contribution in [0.4, 0.5) is 29.2 Å². The number of aromatic nitrogens is 8. The number of halogens is 5. The van der Waals surface area contributed by atoms with E-state index >= 15 is 4.39 Å². The van der Waals surface area contributed by atoms with Crippen molar-refractivity contribution in [2.75, 3.05) is 24.9 Å². The lowest BCUT2D eigenvalue weighted by Crippen LogP contribution is -2.51. The minimum Gasteiger partial charge on any atom is -0.469 e. The number of ether oxygens (including phenoxy) is 2. The van der Waals surface area contributed by atoms with Crippen molar-refractivity contribution >= 4 is 89.6 Å². The van der Waals surface area contributed by atoms with Gasteiger partial charge in [0, 0.05) is 58.4 Å². The maximum absolute atomic E-state index is 15.1. The number of fused-ring (bicyclic) bond motifs is 8. The summed E-state index contributed by atoms with van der Waals surface area (Å²) in [4.78, 5) is 33.3. The van der Waals surface area contributed by atoms with Crippen LogP contribution in [-0.4, -0.2) is 112 Å². The summed E-state index contributed by atoms with van der Waals surface area (Å²) in [7, 11) is -6.54. The molecular weight excluding hydrogens is 1230 g/mol. The molecule has 0 unspecified atom stereocenters. The highest BCUT2D eigenvalue weighted by molar-refractivity contribution is 7.90. The first-order chi connectivity index (χ1) is 42.7. The van der Waals surface area contributed by atoms with Gasteiger partial charge in [-0.2, -0.15) is 15.2 Å². The van der Waals surface area contributed by atoms with Gasteiger partial charge in [0.25, 0.3) is 20.0 Å². The van der Waals surface area contributed by atoms with Gasteiger partial charge in [0.1, 0.15) is 28.8 Å². The molecule has 20 nitrogen and oxygen atoms in total. The number of anilines is 2. The second kappa shape index (κ2) is 24.9. The van der Waals surface area contributed by atoms with Crippen molar-refractivity contribution in [3.63, 3.8) is 0 Å². The highest BCUT2D eigenvalue weighted by atomic mass is 35.5. The lowest BCUT2D eigenvalue weighted by Gasteiger charge is -2.47. The van der Waals surface area contributed by atoms with Crippen molar-refractivity contribution in [3.8, 4) is 11.4 Å². The predicted molar refractivity (Wildman–Crippen MR) is 327 cm³/mol. The fourth-order valence-corrected chi connectivity index (χ4v) is 16.2. The van der Waals surface area contributed by atoms with Crippen molar-refractivity contribution in [2.24, 2.45) is 35.5 Å². The number of benzene rings is 4. The number of rotatable bonds is 12. The molecule has 0 spiro atoms. The van der Waals surface area contributed by atoms with Crippen LogP contribution in [0.25, 0.3) is 33.2 Å². The van der Waals surface area contributed by atoms with E-state index in [0.29, 0.717) is 35.6 Å². The van der Waals surface area contributed by atoms with E-state index in [1.807, 2.05) is 41.5 Å². The van der Waals surface area contributed by atoms with Gasteiger partial charge in [-0.1, -0.05) is 35.4 Å². The summed E-state index contributed by atoms with van der Waals surface area (Å²) in [5, 5.41) is 22.3. The molecule has 90 heavy (non-hydrogen) atoms. The van der Waals surface area contributed by atoms with E-state index in [-0.39, 0.29) is 101 Å². The molecule has 4 atom stereocenters. The number of esters is 2. The van der Waals surface area contributed by atoms with Crippen LogP contribution in [0.15, 0.2) is 107 Å². The lowest BCUT2D eigenvalue weighted by atomic mass is 9.61. The molecule has 4 aromatic heterocycles. The largest absolute Gasteiger partial charge is 0.497 e. The number of aryl methyl sites for hydroxylation is 2. The molecule has 1 saturated heterocycles. The molecule has 7 fully saturated rings. The van der Waals surface area contributed by atoms with Gasteiger partial charge in [-0.25, -0.2) is 47.3 Å². The minimum absolute atomic E-state index is 0.00538. The van der Waals surface area contributed by atoms with Gasteiger partial charge in [0.2, 0.25) is 5.28 Å². The molecule has 2 N–H and O–H groups in total. The van der Waals surface area contributed by atoms with E-state index in [1.54, 1.807) is 24.3 Å². The normalized spacial score (nSPS) is 23.1. The number of methoxy groups -OCH3 is 2. The first-order valence-corrected chi connectivity index (χ1v) is 32.7. The number of hydrogen-bond donors (Lipinski definition) is 2. The quantitative estimate of drug-likeness (QED) is 0.0655. The van der Waals surface area contributed by atoms with Crippen LogP contribution in [-0.2, 0) is 48.4 Å². The SMILES string of the molecule is COC(=O)[C@@H]1C2CCC(CC2)[C@H]1Nc1cnnc(Cl)n1.COC(=O)[C@H]1C2CCC(CC2)[C@@H]1Nc1cnnc(-c2cn(S(=O)(=O)c3ccc(C)cc3)c3c(F)cc(F)cc23)n1.Cc1ccc(S(=O)(=O)n2cc(B3OC(C)(C)C(C)(C)O3)c3cc(F)cc(F)c32)cc1. The molecule has 4 bridgehead atoms. The van der Waals surface area contributed by atoms with Crippen LogP contribution < -0.4 is 16.1 Å². The van der Waals surface area contributed by atoms with Crippen molar-refractivity contribution in [1.29, 1.82) is 0 Å². The van der Waals surface area contributed by atoms with E-state index in [9.17, 15) is 39.6 Å². The number of nitrogens with one attached hydrogen (secondary N) is 2. The smallest absolute Gasteiger partial charge is 0.469 e. The fourth-order valence-electron chi connectivity index (χ4n) is 13.3. The topological polar surface area (TPSA) is 251 Å². The third kappa shape index (κ3) is 12.3. The van der Waals surface area contributed by atoms with Gasteiger partial charge in [0.15, 0.2) is 17.5 Å². The zero-order chi connectivity index (χ0) is 64.4. The van der Waals surface area contributed by atoms with Crippen molar-refractivity contribution in [1.82, 2.24) is 38.3 Å². The molecule has 15 rings (SSSR count). The van der Waals surface area contributed by atoms with Crippen molar-refractivity contribution in [3.05, 3.63) is 137 Å². The first kappa shape index (κ1) is 64.0. The molecular formula is C62H66BClF4N10O10S2. The van der Waals surface area contributed by atoms with E-state index in [2.05, 4.69) is 41.0 Å². The van der Waals surface area contributed by atoms with E-state index in [1.165, 1.54) is 63.3 Å². The van der Waals surface area contributed by atoms with Crippen molar-refractivity contribution < 1.29 is 62.8 Å². The van der Waals surface area contributed by atoms with Crippen molar-refractivity contribution in [2.45, 2.75) is 126 Å². The number of nitrogens with zero attached hydrogens (tertiary/aromatic N) is 8. The molecule has 0 amide bonds. The molecule has 6 aliphatic carbocycles. The standard InChI is InChI=1S/C28H27F2N5O4S.C21H22BF2NO4S.C13H17ClN4O2/c1-15-3-9-19(10-4-15)40(37,38)35-14-21(20-11-18(29)12-22(30)26(20)35)27-33-23(13-31-34-27)32-25-17-7-5-16(6-8-17)24(25)28(36)39-2;1-13-6-8-15(9-7-13)30(26,27)25-12-17(16-10-14(23)11-18(24)19(16)25)22-28-20(2,3)21(4,5)29-22;1-20-12(19)10-7-2-4-8(5-3-7)11(10)16-9-6-15-18-13(14)17-9/h3-4,9-14,16-17,24-25H,5-8H2,1-2H3,(H,32,33,34);6-12H,1-5H3;6-8,10-11H,2-5H2,1H3,(H,16,17,18)/t16?,17?,24-,25-;;7?,8?,10-,11-/m0.1/s1. The molecule has 8 aromatic rings. The van der Waals surface area contributed by atoms with E-state index in [4.69, 9.17) is 30.4 Å².